The maximum Gasteiger partial charge on any atom is 0.416 e. The zero-order valence-corrected chi connectivity index (χ0v) is 12.7. The number of alkyl halides is 4. The molecule has 0 aliphatic carbocycles. The maximum absolute atomic E-state index is 13.9. The fourth-order valence-electron chi connectivity index (χ4n) is 1.96. The maximum atomic E-state index is 13.9. The molecule has 0 spiro atoms. The van der Waals surface area contributed by atoms with Gasteiger partial charge in [0.25, 0.3) is 0 Å². The highest BCUT2D eigenvalue weighted by molar-refractivity contribution is 9.08. The first-order valence-corrected chi connectivity index (χ1v) is 7.35. The van der Waals surface area contributed by atoms with Gasteiger partial charge in [0.15, 0.2) is 5.82 Å². The molecule has 21 heavy (non-hydrogen) atoms. The average molecular weight is 366 g/mol. The Morgan fingerprint density at radius 1 is 1.24 bits per heavy atom. The molecule has 0 amide bonds. The predicted octanol–water partition coefficient (Wildman–Crippen LogP) is 4.41. The molecule has 0 saturated carbocycles. The lowest BCUT2D eigenvalue weighted by atomic mass is 10.1. The zero-order valence-electron chi connectivity index (χ0n) is 11.1. The van der Waals surface area contributed by atoms with Gasteiger partial charge in [-0.05, 0) is 24.6 Å². The number of benzene rings is 1. The summed E-state index contributed by atoms with van der Waals surface area (Å²) < 4.78 is 53.8. The van der Waals surface area contributed by atoms with Crippen molar-refractivity contribution in [3.63, 3.8) is 0 Å². The normalized spacial score (nSPS) is 11.9. The van der Waals surface area contributed by atoms with E-state index >= 15 is 0 Å². The van der Waals surface area contributed by atoms with Crippen LogP contribution in [0.5, 0.6) is 0 Å². The average Bonchev–Trinajstić information content (AvgIpc) is 2.81. The lowest BCUT2D eigenvalue weighted by Crippen LogP contribution is -2.08. The van der Waals surface area contributed by atoms with Crippen molar-refractivity contribution in [1.29, 1.82) is 0 Å². The van der Waals surface area contributed by atoms with E-state index in [0.717, 1.165) is 18.6 Å². The monoisotopic (exact) mass is 365 g/mol. The fourth-order valence-corrected chi connectivity index (χ4v) is 2.38. The Morgan fingerprint density at radius 2 is 1.95 bits per heavy atom. The van der Waals surface area contributed by atoms with Crippen LogP contribution in [0.2, 0.25) is 0 Å². The SMILES string of the molecule is CCCn1c(CBr)nnc1-c1cc(C(F)(F)F)ccc1F. The first-order valence-electron chi connectivity index (χ1n) is 6.23. The zero-order chi connectivity index (χ0) is 15.6. The van der Waals surface area contributed by atoms with Gasteiger partial charge in [0, 0.05) is 6.54 Å². The fraction of sp³-hybridized carbons (Fsp3) is 0.385. The van der Waals surface area contributed by atoms with Crippen molar-refractivity contribution in [3.05, 3.63) is 35.4 Å². The van der Waals surface area contributed by atoms with Crippen molar-refractivity contribution in [2.24, 2.45) is 0 Å². The van der Waals surface area contributed by atoms with Crippen LogP contribution >= 0.6 is 15.9 Å². The lowest BCUT2D eigenvalue weighted by Gasteiger charge is -2.11. The molecule has 1 aromatic heterocycles. The molecule has 0 bridgehead atoms. The summed E-state index contributed by atoms with van der Waals surface area (Å²) in [5.74, 6) is -0.104. The van der Waals surface area contributed by atoms with E-state index < -0.39 is 17.6 Å². The third-order valence-corrected chi connectivity index (χ3v) is 3.43. The largest absolute Gasteiger partial charge is 0.416 e. The standard InChI is InChI=1S/C13H12BrF4N3/c1-2-5-21-11(7-14)19-20-12(21)9-6-8(13(16,17)18)3-4-10(9)15/h3-4,6H,2,5,7H2,1H3. The molecular weight excluding hydrogens is 354 g/mol. The molecule has 8 heteroatoms. The Hall–Kier alpha value is -1.44. The highest BCUT2D eigenvalue weighted by Crippen LogP contribution is 2.33. The molecule has 1 heterocycles. The minimum absolute atomic E-state index is 0.106. The number of rotatable bonds is 4. The first kappa shape index (κ1) is 15.9. The van der Waals surface area contributed by atoms with E-state index in [1.165, 1.54) is 0 Å². The van der Waals surface area contributed by atoms with Gasteiger partial charge in [0.05, 0.1) is 16.5 Å². The molecule has 2 rings (SSSR count). The summed E-state index contributed by atoms with van der Waals surface area (Å²) in [5, 5.41) is 8.11. The Morgan fingerprint density at radius 3 is 2.52 bits per heavy atom. The van der Waals surface area contributed by atoms with E-state index in [-0.39, 0.29) is 11.4 Å². The summed E-state index contributed by atoms with van der Waals surface area (Å²) in [6.45, 7) is 2.41. The van der Waals surface area contributed by atoms with Crippen LogP contribution in [0.25, 0.3) is 11.4 Å². The Bertz CT molecular complexity index is 637. The molecular formula is C13H12BrF4N3. The summed E-state index contributed by atoms with van der Waals surface area (Å²) in [6, 6.07) is 2.28. The Labute approximate surface area is 127 Å². The molecule has 0 unspecified atom stereocenters. The summed E-state index contributed by atoms with van der Waals surface area (Å²) in [7, 11) is 0. The van der Waals surface area contributed by atoms with Crippen LogP contribution in [0.1, 0.15) is 24.7 Å². The van der Waals surface area contributed by atoms with Crippen LogP contribution in [0.15, 0.2) is 18.2 Å². The minimum atomic E-state index is -4.53. The van der Waals surface area contributed by atoms with Crippen molar-refractivity contribution in [2.45, 2.75) is 31.4 Å². The Balaban J connectivity index is 2.58. The molecule has 0 N–H and O–H groups in total. The predicted molar refractivity (Wildman–Crippen MR) is 73.3 cm³/mol. The van der Waals surface area contributed by atoms with Gasteiger partial charge in [-0.3, -0.25) is 0 Å². The van der Waals surface area contributed by atoms with Crippen LogP contribution in [0.4, 0.5) is 17.6 Å². The van der Waals surface area contributed by atoms with Gasteiger partial charge in [0.2, 0.25) is 0 Å². The first-order chi connectivity index (χ1) is 9.88. The second kappa shape index (κ2) is 6.13. The molecule has 0 atom stereocenters. The van der Waals surface area contributed by atoms with E-state index in [4.69, 9.17) is 0 Å². The summed E-state index contributed by atoms with van der Waals surface area (Å²) in [6.07, 6.45) is -3.80. The van der Waals surface area contributed by atoms with E-state index in [2.05, 4.69) is 26.1 Å². The summed E-state index contributed by atoms with van der Waals surface area (Å²) >= 11 is 3.23. The van der Waals surface area contributed by atoms with E-state index in [1.54, 1.807) is 4.57 Å². The summed E-state index contributed by atoms with van der Waals surface area (Å²) in [5.41, 5.74) is -1.11. The van der Waals surface area contributed by atoms with Gasteiger partial charge in [-0.1, -0.05) is 22.9 Å². The molecule has 1 aromatic carbocycles. The molecule has 114 valence electrons. The van der Waals surface area contributed by atoms with Crippen LogP contribution in [0, 0.1) is 5.82 Å². The van der Waals surface area contributed by atoms with Gasteiger partial charge in [0.1, 0.15) is 11.6 Å². The lowest BCUT2D eigenvalue weighted by molar-refractivity contribution is -0.137. The number of hydrogen-bond donors (Lipinski definition) is 0. The molecule has 0 fully saturated rings. The van der Waals surface area contributed by atoms with Crippen molar-refractivity contribution in [1.82, 2.24) is 14.8 Å². The quantitative estimate of drug-likeness (QED) is 0.593. The number of nitrogens with zero attached hydrogens (tertiary/aromatic N) is 3. The van der Waals surface area contributed by atoms with Crippen LogP contribution in [-0.2, 0) is 18.1 Å². The van der Waals surface area contributed by atoms with Gasteiger partial charge in [-0.2, -0.15) is 13.2 Å². The highest BCUT2D eigenvalue weighted by atomic mass is 79.9. The smallest absolute Gasteiger partial charge is 0.310 e. The van der Waals surface area contributed by atoms with Gasteiger partial charge < -0.3 is 4.57 Å². The van der Waals surface area contributed by atoms with Gasteiger partial charge in [-0.15, -0.1) is 10.2 Å². The third kappa shape index (κ3) is 3.25. The molecule has 0 aliphatic rings. The Kier molecular flexibility index (Phi) is 4.65. The molecule has 0 radical (unpaired) electrons. The van der Waals surface area contributed by atoms with Crippen LogP contribution in [0.3, 0.4) is 0 Å². The second-order valence-corrected chi connectivity index (χ2v) is 4.98. The second-order valence-electron chi connectivity index (χ2n) is 4.42. The minimum Gasteiger partial charge on any atom is -0.310 e. The number of hydrogen-bond acceptors (Lipinski definition) is 2. The molecule has 2 aromatic rings. The van der Waals surface area contributed by atoms with Gasteiger partial charge in [-0.25, -0.2) is 4.39 Å². The van der Waals surface area contributed by atoms with E-state index in [1.807, 2.05) is 6.92 Å². The third-order valence-electron chi connectivity index (χ3n) is 2.93. The summed E-state index contributed by atoms with van der Waals surface area (Å²) in [4.78, 5) is 0. The molecule has 0 aliphatic heterocycles. The topological polar surface area (TPSA) is 30.7 Å². The highest BCUT2D eigenvalue weighted by Gasteiger charge is 2.32. The van der Waals surface area contributed by atoms with Gasteiger partial charge >= 0.3 is 6.18 Å². The number of halogens is 5. The van der Waals surface area contributed by atoms with E-state index in [0.29, 0.717) is 23.8 Å². The molecule has 0 saturated heterocycles. The molecule has 3 nitrogen and oxygen atoms in total. The van der Waals surface area contributed by atoms with E-state index in [9.17, 15) is 17.6 Å². The van der Waals surface area contributed by atoms with Crippen LogP contribution < -0.4 is 0 Å². The van der Waals surface area contributed by atoms with Crippen molar-refractivity contribution in [2.75, 3.05) is 0 Å². The van der Waals surface area contributed by atoms with Crippen molar-refractivity contribution >= 4 is 15.9 Å². The number of aromatic nitrogens is 3. The van der Waals surface area contributed by atoms with Crippen molar-refractivity contribution in [3.8, 4) is 11.4 Å². The van der Waals surface area contributed by atoms with Crippen molar-refractivity contribution < 1.29 is 17.6 Å². The van der Waals surface area contributed by atoms with Crippen LogP contribution in [-0.4, -0.2) is 14.8 Å².